The summed E-state index contributed by atoms with van der Waals surface area (Å²) in [6.45, 7) is 1.70. The van der Waals surface area contributed by atoms with Gasteiger partial charge in [0.15, 0.2) is 9.06 Å². The number of rotatable bonds is 11. The average molecular weight is 590 g/mol. The molecular weight excluding hydrogens is 561 g/mol. The van der Waals surface area contributed by atoms with Gasteiger partial charge in [0.25, 0.3) is 0 Å². The Labute approximate surface area is 240 Å². The van der Waals surface area contributed by atoms with Gasteiger partial charge in [-0.1, -0.05) is 18.2 Å². The molecule has 0 spiro atoms. The van der Waals surface area contributed by atoms with Crippen LogP contribution in [0.3, 0.4) is 0 Å². The van der Waals surface area contributed by atoms with Gasteiger partial charge in [-0.25, -0.2) is 4.98 Å². The van der Waals surface area contributed by atoms with Gasteiger partial charge in [-0.3, -0.25) is 14.5 Å². The predicted molar refractivity (Wildman–Crippen MR) is 153 cm³/mol. The van der Waals surface area contributed by atoms with Crippen molar-refractivity contribution in [2.75, 3.05) is 18.7 Å². The molecule has 12 nitrogen and oxygen atoms in total. The van der Waals surface area contributed by atoms with Crippen LogP contribution in [-0.4, -0.2) is 44.5 Å². The molecular formula is C29H28N5O7P+2. The third-order valence-electron chi connectivity index (χ3n) is 7.33. The monoisotopic (exact) mass is 589 g/mol. The second-order valence-electron chi connectivity index (χ2n) is 10.3. The van der Waals surface area contributed by atoms with Crippen molar-refractivity contribution in [3.63, 3.8) is 0 Å². The maximum Gasteiger partial charge on any atom is 0.836 e. The molecule has 13 heteroatoms. The molecule has 0 radical (unpaired) electrons. The summed E-state index contributed by atoms with van der Waals surface area (Å²) in [5.41, 5.74) is 3.53. The van der Waals surface area contributed by atoms with Crippen LogP contribution >= 0.6 is 7.67 Å². The summed E-state index contributed by atoms with van der Waals surface area (Å²) >= 11 is 0. The number of allylic oxidation sites excluding steroid dienone is 4. The maximum atomic E-state index is 13.4. The lowest BCUT2D eigenvalue weighted by molar-refractivity contribution is -0.471. The van der Waals surface area contributed by atoms with Crippen molar-refractivity contribution >= 4 is 42.3 Å². The van der Waals surface area contributed by atoms with E-state index < -0.39 is 14.4 Å². The number of pyridine rings is 1. The van der Waals surface area contributed by atoms with E-state index in [0.717, 1.165) is 22.3 Å². The summed E-state index contributed by atoms with van der Waals surface area (Å²) in [4.78, 5) is 57.9. The second kappa shape index (κ2) is 10.7. The molecule has 0 N–H and O–H groups in total. The molecule has 0 bridgehead atoms. The van der Waals surface area contributed by atoms with Gasteiger partial charge in [0, 0.05) is 46.5 Å². The van der Waals surface area contributed by atoms with Crippen molar-refractivity contribution in [2.24, 2.45) is 0 Å². The zero-order valence-corrected chi connectivity index (χ0v) is 24.0. The van der Waals surface area contributed by atoms with Gasteiger partial charge in [0.2, 0.25) is 23.2 Å². The number of anilines is 1. The van der Waals surface area contributed by atoms with Crippen LogP contribution in [-0.2, 0) is 31.6 Å². The summed E-state index contributed by atoms with van der Waals surface area (Å²) in [5, 5.41) is 1.01. The normalized spacial score (nSPS) is 15.9. The highest BCUT2D eigenvalue weighted by Crippen LogP contribution is 2.56. The van der Waals surface area contributed by atoms with Crippen LogP contribution < -0.4 is 4.90 Å². The number of hydrogen-bond acceptors (Lipinski definition) is 8. The molecule has 0 atom stereocenters. The Morgan fingerprint density at radius 2 is 1.86 bits per heavy atom. The van der Waals surface area contributed by atoms with Crippen LogP contribution in [0.25, 0.3) is 17.0 Å². The molecule has 3 aliphatic rings. The van der Waals surface area contributed by atoms with Gasteiger partial charge in [-0.15, -0.1) is 0 Å². The SMILES string of the molecule is Cc1c(CN(C)C(=O)/C=C/c2cnc3c(c2)CCC(=O)N3COP(=O)([N+](=O)C2=CC2)[N+](=O)C2=CC2)oc2ccccc12. The van der Waals surface area contributed by atoms with Gasteiger partial charge < -0.3 is 9.32 Å². The molecule has 42 heavy (non-hydrogen) atoms. The van der Waals surface area contributed by atoms with Gasteiger partial charge in [0.05, 0.1) is 19.4 Å². The molecule has 0 saturated heterocycles. The number of nitrogens with zero attached hydrogens (tertiary/aromatic N) is 5. The number of para-hydroxylation sites is 1. The number of aromatic nitrogens is 1. The van der Waals surface area contributed by atoms with Gasteiger partial charge in [-0.05, 0) is 54.8 Å². The summed E-state index contributed by atoms with van der Waals surface area (Å²) < 4.78 is 25.0. The summed E-state index contributed by atoms with van der Waals surface area (Å²) in [6.07, 6.45) is 8.84. The molecule has 1 aromatic carbocycles. The van der Waals surface area contributed by atoms with E-state index in [4.69, 9.17) is 8.94 Å². The minimum absolute atomic E-state index is 0.124. The molecule has 3 aromatic rings. The molecule has 214 valence electrons. The molecule has 0 fully saturated rings. The Kier molecular flexibility index (Phi) is 7.04. The number of benzene rings is 1. The second-order valence-corrected chi connectivity index (χ2v) is 12.3. The smallest absolute Gasteiger partial charge is 0.459 e. The van der Waals surface area contributed by atoms with Crippen LogP contribution in [0.5, 0.6) is 0 Å². The Balaban J connectivity index is 1.14. The van der Waals surface area contributed by atoms with Crippen molar-refractivity contribution in [3.8, 4) is 0 Å². The zero-order valence-electron chi connectivity index (χ0n) is 23.1. The maximum absolute atomic E-state index is 13.4. The number of likely N-dealkylation sites (N-methyl/N-ethyl adjacent to an activating group) is 1. The largest absolute Gasteiger partial charge is 0.836 e. The molecule has 0 saturated carbocycles. The third kappa shape index (κ3) is 5.26. The lowest BCUT2D eigenvalue weighted by Crippen LogP contribution is -2.38. The Hall–Kier alpha value is -4.54. The van der Waals surface area contributed by atoms with E-state index >= 15 is 0 Å². The van der Waals surface area contributed by atoms with Gasteiger partial charge in [0.1, 0.15) is 23.9 Å². The number of furan rings is 1. The Morgan fingerprint density at radius 1 is 1.17 bits per heavy atom. The van der Waals surface area contributed by atoms with E-state index in [2.05, 4.69) is 4.98 Å². The van der Waals surface area contributed by atoms with E-state index in [1.54, 1.807) is 36.2 Å². The van der Waals surface area contributed by atoms with Crippen molar-refractivity contribution < 1.29 is 32.2 Å². The van der Waals surface area contributed by atoms with Crippen LogP contribution in [0.15, 0.2) is 70.6 Å². The first kappa shape index (κ1) is 27.6. The highest BCUT2D eigenvalue weighted by molar-refractivity contribution is 7.45. The van der Waals surface area contributed by atoms with Crippen molar-refractivity contribution in [1.29, 1.82) is 0 Å². The lowest BCUT2D eigenvalue weighted by atomic mass is 10.0. The molecule has 2 aromatic heterocycles. The highest BCUT2D eigenvalue weighted by atomic mass is 31.2. The quantitative estimate of drug-likeness (QED) is 0.217. The summed E-state index contributed by atoms with van der Waals surface area (Å²) in [7, 11) is -2.84. The van der Waals surface area contributed by atoms with E-state index in [0.29, 0.717) is 36.9 Å². The number of nitroso groups, excluding NO2 is 2. The van der Waals surface area contributed by atoms with Gasteiger partial charge in [-0.2, -0.15) is 9.09 Å². The third-order valence-corrected chi connectivity index (χ3v) is 9.21. The highest BCUT2D eigenvalue weighted by Gasteiger charge is 2.67. The average Bonchev–Trinajstić information content (AvgIpc) is 3.92. The summed E-state index contributed by atoms with van der Waals surface area (Å²) in [6, 6.07) is 9.53. The minimum Gasteiger partial charge on any atom is -0.459 e. The van der Waals surface area contributed by atoms with Gasteiger partial charge >= 0.3 is 7.67 Å². The predicted octanol–water partition coefficient (Wildman–Crippen LogP) is 5.30. The molecule has 2 aliphatic carbocycles. The Bertz CT molecular complexity index is 1790. The van der Waals surface area contributed by atoms with E-state index in [1.807, 2.05) is 31.2 Å². The lowest BCUT2D eigenvalue weighted by Gasteiger charge is -2.27. The number of amides is 2. The molecule has 3 heterocycles. The van der Waals surface area contributed by atoms with Crippen LogP contribution in [0.4, 0.5) is 5.82 Å². The fourth-order valence-electron chi connectivity index (χ4n) is 4.67. The first-order valence-electron chi connectivity index (χ1n) is 13.4. The number of aryl methyl sites for hydroxylation is 2. The minimum atomic E-state index is -4.53. The number of fused-ring (bicyclic) bond motifs is 2. The first-order valence-corrected chi connectivity index (χ1v) is 15.0. The van der Waals surface area contributed by atoms with E-state index in [1.165, 1.54) is 17.2 Å². The van der Waals surface area contributed by atoms with Crippen LogP contribution in [0.1, 0.15) is 41.7 Å². The van der Waals surface area contributed by atoms with Crippen LogP contribution in [0.2, 0.25) is 0 Å². The fraction of sp³-hybridized carbons (Fsp3) is 0.276. The van der Waals surface area contributed by atoms with E-state index in [-0.39, 0.29) is 44.5 Å². The number of hydrogen-bond donors (Lipinski definition) is 0. The van der Waals surface area contributed by atoms with Crippen LogP contribution in [0, 0.1) is 16.7 Å². The molecule has 2 amide bonds. The number of carbonyl (C=O) groups is 2. The zero-order chi connectivity index (χ0) is 29.6. The van der Waals surface area contributed by atoms with Crippen molar-refractivity contribution in [1.82, 2.24) is 9.88 Å². The summed E-state index contributed by atoms with van der Waals surface area (Å²) in [5.74, 6) is 0.434. The number of carbonyl (C=O) groups excluding carboxylic acids is 2. The molecule has 0 unspecified atom stereocenters. The molecule has 6 rings (SSSR count). The standard InChI is InChI=1S/C29H28N5O7P/c1-19-24-5-3-4-6-25(24)41-26(19)17-31(2)27(35)13-7-20-15-21-8-14-28(36)32(29(21)30-16-20)18-40-42(39,33(37)22-9-10-22)34(38)23-11-12-23/h3-7,9,11,13,15-16H,8,10,12,14,17-18H2,1-2H3/q+2/b13-7+. The van der Waals surface area contributed by atoms with Crippen molar-refractivity contribution in [2.45, 2.75) is 39.2 Å². The Morgan fingerprint density at radius 3 is 2.52 bits per heavy atom. The first-order chi connectivity index (χ1) is 20.2. The molecule has 1 aliphatic heterocycles. The van der Waals surface area contributed by atoms with Crippen molar-refractivity contribution in [3.05, 3.63) is 98.4 Å². The van der Waals surface area contributed by atoms with E-state index in [9.17, 15) is 24.0 Å². The topological polar surface area (TPSA) is 133 Å². The fourth-order valence-corrected chi connectivity index (χ4v) is 6.27.